The number of benzene rings is 1. The van der Waals surface area contributed by atoms with E-state index in [0.717, 1.165) is 55.4 Å². The zero-order valence-electron chi connectivity index (χ0n) is 13.9. The minimum absolute atomic E-state index is 0.246. The predicted octanol–water partition coefficient (Wildman–Crippen LogP) is 0.885. The summed E-state index contributed by atoms with van der Waals surface area (Å²) in [4.78, 5) is 10.3. The highest BCUT2D eigenvalue weighted by atomic mass is 16.5. The van der Waals surface area contributed by atoms with Crippen LogP contribution in [0.2, 0.25) is 0 Å². The van der Waals surface area contributed by atoms with Gasteiger partial charge in [0.2, 0.25) is 5.82 Å². The van der Waals surface area contributed by atoms with Crippen molar-refractivity contribution in [3.63, 3.8) is 0 Å². The molecule has 0 saturated carbocycles. The van der Waals surface area contributed by atoms with Crippen molar-refractivity contribution in [3.05, 3.63) is 36.0 Å². The first-order valence-corrected chi connectivity index (χ1v) is 8.21. The number of nitrogens with zero attached hydrogens (tertiary/aromatic N) is 6. The van der Waals surface area contributed by atoms with E-state index >= 15 is 0 Å². The van der Waals surface area contributed by atoms with Gasteiger partial charge in [-0.2, -0.15) is 10.5 Å². The van der Waals surface area contributed by atoms with Crippen molar-refractivity contribution in [2.24, 2.45) is 0 Å². The van der Waals surface area contributed by atoms with Crippen LogP contribution in [0.25, 0.3) is 16.6 Å². The molecular weight excluding hydrogens is 334 g/mol. The highest BCUT2D eigenvalue weighted by Gasteiger charge is 2.13. The minimum atomic E-state index is 0.246. The number of aromatic nitrogens is 6. The molecule has 1 fully saturated rings. The minimum Gasteiger partial charge on any atom is -0.379 e. The van der Waals surface area contributed by atoms with Gasteiger partial charge in [-0.05, 0) is 23.4 Å². The van der Waals surface area contributed by atoms with Gasteiger partial charge in [0.25, 0.3) is 0 Å². The Labute approximate surface area is 148 Å². The Hall–Kier alpha value is -3.29. The van der Waals surface area contributed by atoms with Crippen molar-refractivity contribution in [3.8, 4) is 6.07 Å². The van der Waals surface area contributed by atoms with Gasteiger partial charge >= 0.3 is 0 Å². The maximum Gasteiger partial charge on any atom is 0.216 e. The van der Waals surface area contributed by atoms with Gasteiger partial charge in [-0.15, -0.1) is 10.2 Å². The van der Waals surface area contributed by atoms with Crippen LogP contribution in [-0.2, 0) is 11.3 Å². The number of nitriles is 1. The lowest BCUT2D eigenvalue weighted by Crippen LogP contribution is -2.35. The first kappa shape index (κ1) is 16.2. The van der Waals surface area contributed by atoms with Gasteiger partial charge < -0.3 is 15.0 Å². The van der Waals surface area contributed by atoms with Crippen LogP contribution >= 0.6 is 0 Å². The SMILES string of the molecule is N#CC(=CNc1ccc2nc(CN3CCOCC3)[nH]c2c1)c1nn[nH]n1. The number of fused-ring (bicyclic) bond motifs is 1. The van der Waals surface area contributed by atoms with E-state index in [9.17, 15) is 5.26 Å². The van der Waals surface area contributed by atoms with E-state index < -0.39 is 0 Å². The molecule has 132 valence electrons. The zero-order valence-corrected chi connectivity index (χ0v) is 13.9. The van der Waals surface area contributed by atoms with E-state index in [1.807, 2.05) is 24.3 Å². The Kier molecular flexibility index (Phi) is 4.55. The van der Waals surface area contributed by atoms with Crippen LogP contribution in [0, 0.1) is 11.3 Å². The molecule has 3 heterocycles. The smallest absolute Gasteiger partial charge is 0.216 e. The summed E-state index contributed by atoms with van der Waals surface area (Å²) >= 11 is 0. The summed E-state index contributed by atoms with van der Waals surface area (Å²) in [6, 6.07) is 7.83. The molecule has 0 unspecified atom stereocenters. The molecule has 0 aliphatic carbocycles. The Balaban J connectivity index is 1.49. The normalized spacial score (nSPS) is 15.9. The number of nitrogens with one attached hydrogen (secondary N) is 3. The lowest BCUT2D eigenvalue weighted by Gasteiger charge is -2.25. The molecule has 10 nitrogen and oxygen atoms in total. The molecule has 0 bridgehead atoms. The first-order valence-electron chi connectivity index (χ1n) is 8.21. The fourth-order valence-electron chi connectivity index (χ4n) is 2.78. The number of anilines is 1. The zero-order chi connectivity index (χ0) is 17.8. The summed E-state index contributed by atoms with van der Waals surface area (Å²) in [6.45, 7) is 4.14. The number of allylic oxidation sites excluding steroid dienone is 1. The van der Waals surface area contributed by atoms with Gasteiger partial charge in [0.15, 0.2) is 0 Å². The standard InChI is InChI=1S/C16H17N9O/c17-8-11(16-21-23-24-22-16)9-18-12-1-2-13-14(7-12)20-15(19-13)10-25-3-5-26-6-4-25/h1-2,7,9,18H,3-6,10H2,(H,19,20)(H,21,22,23,24). The Bertz CT molecular complexity index is 948. The third-order valence-electron chi connectivity index (χ3n) is 4.10. The van der Waals surface area contributed by atoms with Crippen LogP contribution in [0.1, 0.15) is 11.6 Å². The van der Waals surface area contributed by atoms with Crippen LogP contribution in [-0.4, -0.2) is 61.8 Å². The van der Waals surface area contributed by atoms with Crippen LogP contribution < -0.4 is 5.32 Å². The highest BCUT2D eigenvalue weighted by molar-refractivity contribution is 5.81. The van der Waals surface area contributed by atoms with Gasteiger partial charge in [0, 0.05) is 25.0 Å². The van der Waals surface area contributed by atoms with E-state index in [1.54, 1.807) is 6.20 Å². The van der Waals surface area contributed by atoms with Crippen LogP contribution in [0.15, 0.2) is 24.4 Å². The Morgan fingerprint density at radius 2 is 2.27 bits per heavy atom. The second-order valence-electron chi connectivity index (χ2n) is 5.85. The summed E-state index contributed by atoms with van der Waals surface area (Å²) in [5.41, 5.74) is 2.96. The lowest BCUT2D eigenvalue weighted by atomic mass is 10.2. The molecule has 0 radical (unpaired) electrons. The average molecular weight is 351 g/mol. The summed E-state index contributed by atoms with van der Waals surface area (Å²) < 4.78 is 5.37. The second kappa shape index (κ2) is 7.30. The molecule has 3 N–H and O–H groups in total. The monoisotopic (exact) mass is 351 g/mol. The maximum absolute atomic E-state index is 9.20. The first-order chi connectivity index (χ1) is 12.8. The molecule has 0 atom stereocenters. The van der Waals surface area contributed by atoms with Gasteiger partial charge in [-0.3, -0.25) is 4.90 Å². The van der Waals surface area contributed by atoms with Crippen molar-refractivity contribution >= 4 is 22.3 Å². The average Bonchev–Trinajstić information content (AvgIpc) is 3.32. The molecule has 4 rings (SSSR count). The molecule has 0 spiro atoms. The van der Waals surface area contributed by atoms with E-state index in [2.05, 4.69) is 40.8 Å². The van der Waals surface area contributed by atoms with Crippen molar-refractivity contribution in [2.45, 2.75) is 6.54 Å². The quantitative estimate of drug-likeness (QED) is 0.577. The molecule has 0 amide bonds. The van der Waals surface area contributed by atoms with Crippen LogP contribution in [0.5, 0.6) is 0 Å². The molecule has 1 aliphatic rings. The maximum atomic E-state index is 9.20. The lowest BCUT2D eigenvalue weighted by molar-refractivity contribution is 0.0332. The summed E-state index contributed by atoms with van der Waals surface area (Å²) in [6.07, 6.45) is 1.55. The van der Waals surface area contributed by atoms with Crippen molar-refractivity contribution < 1.29 is 4.74 Å². The molecule has 26 heavy (non-hydrogen) atoms. The van der Waals surface area contributed by atoms with E-state index in [0.29, 0.717) is 0 Å². The number of imidazole rings is 1. The number of ether oxygens (including phenoxy) is 1. The number of tetrazole rings is 1. The number of H-pyrrole nitrogens is 2. The Morgan fingerprint density at radius 1 is 1.38 bits per heavy atom. The van der Waals surface area contributed by atoms with Crippen LogP contribution in [0.3, 0.4) is 0 Å². The fraction of sp³-hybridized carbons (Fsp3) is 0.312. The van der Waals surface area contributed by atoms with Gasteiger partial charge in [-0.1, -0.05) is 0 Å². The van der Waals surface area contributed by atoms with Gasteiger partial charge in [0.1, 0.15) is 17.5 Å². The fourth-order valence-corrected chi connectivity index (χ4v) is 2.78. The van der Waals surface area contributed by atoms with Crippen LogP contribution in [0.4, 0.5) is 5.69 Å². The van der Waals surface area contributed by atoms with Crippen molar-refractivity contribution in [1.82, 2.24) is 35.5 Å². The molecule has 1 aromatic carbocycles. The molecular formula is C16H17N9O. The predicted molar refractivity (Wildman–Crippen MR) is 93.6 cm³/mol. The number of aromatic amines is 2. The van der Waals surface area contributed by atoms with E-state index in [-0.39, 0.29) is 11.4 Å². The van der Waals surface area contributed by atoms with E-state index in [1.165, 1.54) is 0 Å². The molecule has 10 heteroatoms. The molecule has 3 aromatic rings. The molecule has 1 saturated heterocycles. The number of morpholine rings is 1. The molecule has 1 aliphatic heterocycles. The van der Waals surface area contributed by atoms with Gasteiger partial charge in [-0.25, -0.2) is 4.98 Å². The van der Waals surface area contributed by atoms with Crippen molar-refractivity contribution in [2.75, 3.05) is 31.6 Å². The number of hydrogen-bond donors (Lipinski definition) is 3. The van der Waals surface area contributed by atoms with E-state index in [4.69, 9.17) is 4.74 Å². The Morgan fingerprint density at radius 3 is 3.04 bits per heavy atom. The third kappa shape index (κ3) is 3.53. The topological polar surface area (TPSA) is 131 Å². The second-order valence-corrected chi connectivity index (χ2v) is 5.85. The summed E-state index contributed by atoms with van der Waals surface area (Å²) in [5, 5.41) is 25.7. The largest absolute Gasteiger partial charge is 0.379 e. The number of hydrogen-bond acceptors (Lipinski definition) is 8. The van der Waals surface area contributed by atoms with Crippen molar-refractivity contribution in [1.29, 1.82) is 5.26 Å². The number of rotatable bonds is 5. The molecule has 2 aromatic heterocycles. The third-order valence-corrected chi connectivity index (χ3v) is 4.10. The highest BCUT2D eigenvalue weighted by Crippen LogP contribution is 2.19. The van der Waals surface area contributed by atoms with Gasteiger partial charge in [0.05, 0.1) is 30.8 Å². The summed E-state index contributed by atoms with van der Waals surface area (Å²) in [5.74, 6) is 1.18. The summed E-state index contributed by atoms with van der Waals surface area (Å²) in [7, 11) is 0.